The zero-order valence-electron chi connectivity index (χ0n) is 13.1. The first kappa shape index (κ1) is 15.6. The Kier molecular flexibility index (Phi) is 3.66. The van der Waals surface area contributed by atoms with Gasteiger partial charge in [-0.1, -0.05) is 6.07 Å². The Hall–Kier alpha value is -2.91. The van der Waals surface area contributed by atoms with E-state index in [9.17, 15) is 13.2 Å². The summed E-state index contributed by atoms with van der Waals surface area (Å²) in [5.41, 5.74) is -0.963. The summed E-state index contributed by atoms with van der Waals surface area (Å²) in [4.78, 5) is 15.6. The van der Waals surface area contributed by atoms with Gasteiger partial charge in [0.2, 0.25) is 0 Å². The van der Waals surface area contributed by atoms with Crippen LogP contribution in [0.3, 0.4) is 0 Å². The van der Waals surface area contributed by atoms with Crippen LogP contribution in [0.2, 0.25) is 0 Å². The number of hydrogen-bond acceptors (Lipinski definition) is 6. The van der Waals surface area contributed by atoms with E-state index in [1.807, 2.05) is 23.1 Å². The number of nitrogens with zero attached hydrogens (tertiary/aromatic N) is 7. The molecule has 0 spiro atoms. The average molecular weight is 349 g/mol. The highest BCUT2D eigenvalue weighted by molar-refractivity contribution is 5.50. The molecule has 130 valence electrons. The van der Waals surface area contributed by atoms with Gasteiger partial charge in [-0.2, -0.15) is 27.8 Å². The summed E-state index contributed by atoms with van der Waals surface area (Å²) in [6, 6.07) is 6.69. The van der Waals surface area contributed by atoms with E-state index in [-0.39, 0.29) is 5.78 Å². The molecule has 0 bridgehead atoms. The normalized spacial score (nSPS) is 15.8. The molecular weight excluding hydrogens is 335 g/mol. The Bertz CT molecular complexity index is 870. The van der Waals surface area contributed by atoms with Gasteiger partial charge in [-0.25, -0.2) is 9.97 Å². The molecule has 0 saturated carbocycles. The van der Waals surface area contributed by atoms with Gasteiger partial charge in [-0.15, -0.1) is 0 Å². The van der Waals surface area contributed by atoms with Crippen molar-refractivity contribution < 1.29 is 13.2 Å². The molecule has 0 aliphatic carbocycles. The molecule has 0 N–H and O–H groups in total. The van der Waals surface area contributed by atoms with Crippen LogP contribution in [0.1, 0.15) is 5.69 Å². The fourth-order valence-electron chi connectivity index (χ4n) is 2.87. The number of pyridine rings is 1. The fourth-order valence-corrected chi connectivity index (χ4v) is 2.87. The van der Waals surface area contributed by atoms with E-state index in [4.69, 9.17) is 0 Å². The van der Waals surface area contributed by atoms with Crippen molar-refractivity contribution in [1.82, 2.24) is 24.6 Å². The molecule has 1 aliphatic rings. The first-order valence-electron chi connectivity index (χ1n) is 7.71. The zero-order chi connectivity index (χ0) is 17.4. The van der Waals surface area contributed by atoms with Crippen LogP contribution in [0.15, 0.2) is 36.8 Å². The molecule has 0 unspecified atom stereocenters. The molecule has 1 aliphatic heterocycles. The van der Waals surface area contributed by atoms with Crippen molar-refractivity contribution in [2.75, 3.05) is 36.0 Å². The van der Waals surface area contributed by atoms with Crippen molar-refractivity contribution in [3.8, 4) is 0 Å². The van der Waals surface area contributed by atoms with Crippen LogP contribution >= 0.6 is 0 Å². The minimum atomic E-state index is -4.53. The molecule has 1 fully saturated rings. The van der Waals surface area contributed by atoms with Gasteiger partial charge in [-0.05, 0) is 12.1 Å². The first-order valence-corrected chi connectivity index (χ1v) is 7.71. The maximum absolute atomic E-state index is 13.1. The molecule has 3 aromatic rings. The number of fused-ring (bicyclic) bond motifs is 1. The second-order valence-corrected chi connectivity index (χ2v) is 5.63. The molecule has 0 aromatic carbocycles. The minimum absolute atomic E-state index is 0.0584. The highest BCUT2D eigenvalue weighted by atomic mass is 19.4. The maximum atomic E-state index is 13.1. The lowest BCUT2D eigenvalue weighted by Crippen LogP contribution is -2.47. The molecule has 0 amide bonds. The van der Waals surface area contributed by atoms with Crippen molar-refractivity contribution in [3.05, 3.63) is 42.5 Å². The number of aromatic nitrogens is 5. The largest absolute Gasteiger partial charge is 0.433 e. The molecule has 25 heavy (non-hydrogen) atoms. The third-order valence-electron chi connectivity index (χ3n) is 4.10. The predicted molar refractivity (Wildman–Crippen MR) is 84.4 cm³/mol. The standard InChI is InChI=1S/C15H14F3N7/c16-15(17,18)11-9-13(25-14(22-11)20-10-21-25)24-7-5-23(6-8-24)12-3-1-2-4-19-12/h1-4,9-10H,5-8H2. The van der Waals surface area contributed by atoms with E-state index < -0.39 is 11.9 Å². The Morgan fingerprint density at radius 1 is 0.960 bits per heavy atom. The van der Waals surface area contributed by atoms with Crippen LogP contribution < -0.4 is 9.80 Å². The molecule has 0 atom stereocenters. The molecule has 4 heterocycles. The summed E-state index contributed by atoms with van der Waals surface area (Å²) in [7, 11) is 0. The quantitative estimate of drug-likeness (QED) is 0.704. The third kappa shape index (κ3) is 2.94. The number of alkyl halides is 3. The van der Waals surface area contributed by atoms with Crippen molar-refractivity contribution >= 4 is 17.4 Å². The summed E-state index contributed by atoms with van der Waals surface area (Å²) < 4.78 is 40.6. The zero-order valence-corrected chi connectivity index (χ0v) is 13.1. The summed E-state index contributed by atoms with van der Waals surface area (Å²) in [6.45, 7) is 2.40. The Balaban J connectivity index is 1.61. The first-order chi connectivity index (χ1) is 12.0. The Morgan fingerprint density at radius 3 is 2.40 bits per heavy atom. The second-order valence-electron chi connectivity index (χ2n) is 5.63. The molecule has 7 nitrogen and oxygen atoms in total. The Morgan fingerprint density at radius 2 is 1.72 bits per heavy atom. The van der Waals surface area contributed by atoms with E-state index in [1.54, 1.807) is 6.20 Å². The number of piperazine rings is 1. The predicted octanol–water partition coefficient (Wildman–Crippen LogP) is 1.86. The summed E-state index contributed by atoms with van der Waals surface area (Å²) in [5, 5.41) is 4.00. The van der Waals surface area contributed by atoms with E-state index >= 15 is 0 Å². The number of anilines is 2. The lowest BCUT2D eigenvalue weighted by molar-refractivity contribution is -0.141. The van der Waals surface area contributed by atoms with Gasteiger partial charge in [0.05, 0.1) is 0 Å². The Labute approximate surface area is 140 Å². The number of hydrogen-bond donors (Lipinski definition) is 0. The van der Waals surface area contributed by atoms with Gasteiger partial charge in [-0.3, -0.25) is 0 Å². The SMILES string of the molecule is FC(F)(F)c1cc(N2CCN(c3ccccn3)CC2)n2ncnc2n1. The lowest BCUT2D eigenvalue weighted by Gasteiger charge is -2.36. The van der Waals surface area contributed by atoms with Crippen LogP contribution in [0.4, 0.5) is 24.8 Å². The summed E-state index contributed by atoms with van der Waals surface area (Å²) in [5.74, 6) is 1.14. The molecule has 10 heteroatoms. The molecular formula is C15H14F3N7. The van der Waals surface area contributed by atoms with Crippen LogP contribution in [-0.2, 0) is 6.18 Å². The molecule has 0 radical (unpaired) electrons. The van der Waals surface area contributed by atoms with Crippen LogP contribution in [0, 0.1) is 0 Å². The van der Waals surface area contributed by atoms with Crippen molar-refractivity contribution in [1.29, 1.82) is 0 Å². The number of halogens is 3. The maximum Gasteiger partial charge on any atom is 0.433 e. The van der Waals surface area contributed by atoms with Crippen molar-refractivity contribution in [2.45, 2.75) is 6.18 Å². The highest BCUT2D eigenvalue weighted by Gasteiger charge is 2.35. The average Bonchev–Trinajstić information content (AvgIpc) is 3.10. The van der Waals surface area contributed by atoms with Gasteiger partial charge < -0.3 is 9.80 Å². The molecule has 4 rings (SSSR count). The van der Waals surface area contributed by atoms with Gasteiger partial charge in [0, 0.05) is 38.4 Å². The van der Waals surface area contributed by atoms with Crippen LogP contribution in [0.5, 0.6) is 0 Å². The molecule has 3 aromatic heterocycles. The minimum Gasteiger partial charge on any atom is -0.353 e. The van der Waals surface area contributed by atoms with E-state index in [2.05, 4.69) is 25.0 Å². The van der Waals surface area contributed by atoms with Gasteiger partial charge in [0.1, 0.15) is 18.0 Å². The summed E-state index contributed by atoms with van der Waals surface area (Å²) in [6.07, 6.45) is -1.60. The van der Waals surface area contributed by atoms with Gasteiger partial charge in [0.15, 0.2) is 5.69 Å². The lowest BCUT2D eigenvalue weighted by atomic mass is 10.3. The fraction of sp³-hybridized carbons (Fsp3) is 0.333. The topological polar surface area (TPSA) is 62.5 Å². The van der Waals surface area contributed by atoms with E-state index in [0.717, 1.165) is 11.9 Å². The highest BCUT2D eigenvalue weighted by Crippen LogP contribution is 2.31. The van der Waals surface area contributed by atoms with E-state index in [0.29, 0.717) is 32.0 Å². The van der Waals surface area contributed by atoms with Crippen LogP contribution in [-0.4, -0.2) is 50.7 Å². The van der Waals surface area contributed by atoms with Crippen molar-refractivity contribution in [2.24, 2.45) is 0 Å². The molecule has 1 saturated heterocycles. The third-order valence-corrected chi connectivity index (χ3v) is 4.10. The second kappa shape index (κ2) is 5.87. The van der Waals surface area contributed by atoms with Gasteiger partial charge >= 0.3 is 6.18 Å². The monoisotopic (exact) mass is 349 g/mol. The summed E-state index contributed by atoms with van der Waals surface area (Å²) >= 11 is 0. The smallest absolute Gasteiger partial charge is 0.353 e. The van der Waals surface area contributed by atoms with Crippen molar-refractivity contribution in [3.63, 3.8) is 0 Å². The number of rotatable bonds is 2. The van der Waals surface area contributed by atoms with E-state index in [1.165, 1.54) is 10.8 Å². The van der Waals surface area contributed by atoms with Crippen LogP contribution in [0.25, 0.3) is 5.78 Å². The van der Waals surface area contributed by atoms with Gasteiger partial charge in [0.25, 0.3) is 5.78 Å².